The van der Waals surface area contributed by atoms with Gasteiger partial charge in [0.05, 0.1) is 21.3 Å². The summed E-state index contributed by atoms with van der Waals surface area (Å²) in [5, 5.41) is 0. The SMILES string of the molecule is COc1cc(Br)c(C[NH+]2CC[NH+](C)CC2)cc1OC. The second-order valence-electron chi connectivity index (χ2n) is 5.18. The third-order valence-corrected chi connectivity index (χ3v) is 4.54. The van der Waals surface area contributed by atoms with E-state index in [1.54, 1.807) is 24.0 Å². The first-order chi connectivity index (χ1) is 9.13. The second kappa shape index (κ2) is 6.59. The van der Waals surface area contributed by atoms with E-state index in [0.717, 1.165) is 22.5 Å². The highest BCUT2D eigenvalue weighted by Gasteiger charge is 2.21. The molecule has 0 amide bonds. The number of rotatable bonds is 4. The Morgan fingerprint density at radius 3 is 2.21 bits per heavy atom. The Morgan fingerprint density at radius 2 is 1.63 bits per heavy atom. The number of ether oxygens (including phenoxy) is 2. The summed E-state index contributed by atoms with van der Waals surface area (Å²) in [5.74, 6) is 1.58. The number of hydrogen-bond donors (Lipinski definition) is 2. The molecule has 19 heavy (non-hydrogen) atoms. The number of likely N-dealkylation sites (N-methyl/N-ethyl adjacent to an activating group) is 1. The number of hydrogen-bond acceptors (Lipinski definition) is 2. The third kappa shape index (κ3) is 3.61. The van der Waals surface area contributed by atoms with Crippen LogP contribution in [0.2, 0.25) is 0 Å². The van der Waals surface area contributed by atoms with E-state index in [1.807, 2.05) is 6.07 Å². The number of methoxy groups -OCH3 is 2. The summed E-state index contributed by atoms with van der Waals surface area (Å²) in [6.07, 6.45) is 0. The van der Waals surface area contributed by atoms with E-state index < -0.39 is 0 Å². The molecular weight excluding hydrogens is 308 g/mol. The molecule has 1 heterocycles. The standard InChI is InChI=1S/C14H21BrN2O2/c1-16-4-6-17(7-5-16)10-11-8-13(18-2)14(19-3)9-12(11)15/h8-9H,4-7,10H2,1-3H3/p+2. The third-order valence-electron chi connectivity index (χ3n) is 3.80. The Labute approximate surface area is 123 Å². The predicted octanol–water partition coefficient (Wildman–Crippen LogP) is -0.620. The van der Waals surface area contributed by atoms with E-state index in [4.69, 9.17) is 9.47 Å². The molecule has 0 spiro atoms. The maximum Gasteiger partial charge on any atom is 0.161 e. The molecule has 1 saturated heterocycles. The van der Waals surface area contributed by atoms with Gasteiger partial charge in [0, 0.05) is 10.0 Å². The zero-order valence-electron chi connectivity index (χ0n) is 11.9. The van der Waals surface area contributed by atoms with Gasteiger partial charge < -0.3 is 19.3 Å². The lowest BCUT2D eigenvalue weighted by molar-refractivity contribution is -1.01. The van der Waals surface area contributed by atoms with Gasteiger partial charge in [0.2, 0.25) is 0 Å². The maximum atomic E-state index is 5.38. The monoisotopic (exact) mass is 330 g/mol. The summed E-state index contributed by atoms with van der Waals surface area (Å²) in [6.45, 7) is 5.99. The van der Waals surface area contributed by atoms with Crippen molar-refractivity contribution in [2.45, 2.75) is 6.54 Å². The fourth-order valence-electron chi connectivity index (χ4n) is 2.51. The van der Waals surface area contributed by atoms with E-state index >= 15 is 0 Å². The Balaban J connectivity index is 2.11. The minimum atomic E-state index is 0.774. The van der Waals surface area contributed by atoms with Crippen molar-refractivity contribution in [1.29, 1.82) is 0 Å². The van der Waals surface area contributed by atoms with E-state index in [0.29, 0.717) is 0 Å². The highest BCUT2D eigenvalue weighted by atomic mass is 79.9. The first kappa shape index (κ1) is 14.6. The van der Waals surface area contributed by atoms with Crippen molar-refractivity contribution < 1.29 is 19.3 Å². The van der Waals surface area contributed by atoms with E-state index in [1.165, 1.54) is 31.7 Å². The van der Waals surface area contributed by atoms with Crippen LogP contribution in [0.5, 0.6) is 11.5 Å². The lowest BCUT2D eigenvalue weighted by Gasteiger charge is -2.27. The van der Waals surface area contributed by atoms with Gasteiger partial charge in [-0.2, -0.15) is 0 Å². The molecule has 0 atom stereocenters. The van der Waals surface area contributed by atoms with Gasteiger partial charge in [-0.25, -0.2) is 0 Å². The summed E-state index contributed by atoms with van der Waals surface area (Å²) in [4.78, 5) is 3.27. The Bertz CT molecular complexity index is 432. The van der Waals surface area contributed by atoms with Crippen LogP contribution < -0.4 is 19.3 Å². The van der Waals surface area contributed by atoms with Gasteiger partial charge in [-0.05, 0) is 12.1 Å². The van der Waals surface area contributed by atoms with Crippen molar-refractivity contribution in [3.63, 3.8) is 0 Å². The van der Waals surface area contributed by atoms with Crippen LogP contribution in [0.25, 0.3) is 0 Å². The molecule has 1 aliphatic rings. The second-order valence-corrected chi connectivity index (χ2v) is 6.04. The van der Waals surface area contributed by atoms with Crippen LogP contribution in [0, 0.1) is 0 Å². The number of halogens is 1. The lowest BCUT2D eigenvalue weighted by atomic mass is 10.1. The molecular formula is C14H23BrN2O2+2. The molecule has 1 aromatic rings. The van der Waals surface area contributed by atoms with Gasteiger partial charge in [0.15, 0.2) is 11.5 Å². The number of piperazine rings is 1. The molecule has 2 rings (SSSR count). The minimum absolute atomic E-state index is 0.774. The zero-order chi connectivity index (χ0) is 13.8. The summed E-state index contributed by atoms with van der Waals surface area (Å²) in [5.41, 5.74) is 1.28. The van der Waals surface area contributed by atoms with E-state index in [2.05, 4.69) is 29.0 Å². The predicted molar refractivity (Wildman–Crippen MR) is 78.3 cm³/mol. The van der Waals surface area contributed by atoms with Crippen molar-refractivity contribution in [2.24, 2.45) is 0 Å². The molecule has 0 radical (unpaired) electrons. The average Bonchev–Trinajstić information content (AvgIpc) is 2.43. The molecule has 0 aromatic heterocycles. The molecule has 106 valence electrons. The van der Waals surface area contributed by atoms with Gasteiger partial charge in [-0.1, -0.05) is 15.9 Å². The van der Waals surface area contributed by atoms with Crippen LogP contribution in [0.3, 0.4) is 0 Å². The fourth-order valence-corrected chi connectivity index (χ4v) is 2.97. The van der Waals surface area contributed by atoms with Crippen molar-refractivity contribution in [2.75, 3.05) is 47.4 Å². The van der Waals surface area contributed by atoms with Crippen LogP contribution >= 0.6 is 15.9 Å². The van der Waals surface area contributed by atoms with Crippen molar-refractivity contribution in [1.82, 2.24) is 0 Å². The minimum Gasteiger partial charge on any atom is -0.493 e. The van der Waals surface area contributed by atoms with Crippen LogP contribution in [0.15, 0.2) is 16.6 Å². The molecule has 0 aliphatic carbocycles. The van der Waals surface area contributed by atoms with Crippen LogP contribution in [-0.2, 0) is 6.54 Å². The highest BCUT2D eigenvalue weighted by molar-refractivity contribution is 9.10. The van der Waals surface area contributed by atoms with Crippen molar-refractivity contribution in [3.05, 3.63) is 22.2 Å². The van der Waals surface area contributed by atoms with Crippen molar-refractivity contribution in [3.8, 4) is 11.5 Å². The molecule has 1 aliphatic heterocycles. The van der Waals surface area contributed by atoms with Gasteiger partial charge in [-0.3, -0.25) is 0 Å². The van der Waals surface area contributed by atoms with Gasteiger partial charge in [0.25, 0.3) is 0 Å². The molecule has 1 fully saturated rings. The molecule has 0 bridgehead atoms. The summed E-state index contributed by atoms with van der Waals surface area (Å²) >= 11 is 3.64. The van der Waals surface area contributed by atoms with Crippen molar-refractivity contribution >= 4 is 15.9 Å². The van der Waals surface area contributed by atoms with Gasteiger partial charge in [-0.15, -0.1) is 0 Å². The molecule has 0 saturated carbocycles. The first-order valence-corrected chi connectivity index (χ1v) is 7.48. The van der Waals surface area contributed by atoms with E-state index in [-0.39, 0.29) is 0 Å². The van der Waals surface area contributed by atoms with E-state index in [9.17, 15) is 0 Å². The molecule has 0 unspecified atom stereocenters. The first-order valence-electron chi connectivity index (χ1n) is 6.69. The van der Waals surface area contributed by atoms with Gasteiger partial charge >= 0.3 is 0 Å². The molecule has 1 aromatic carbocycles. The number of quaternary nitrogens is 2. The highest BCUT2D eigenvalue weighted by Crippen LogP contribution is 2.32. The summed E-state index contributed by atoms with van der Waals surface area (Å²) in [6, 6.07) is 4.08. The zero-order valence-corrected chi connectivity index (χ0v) is 13.5. The largest absolute Gasteiger partial charge is 0.493 e. The maximum absolute atomic E-state index is 5.38. The van der Waals surface area contributed by atoms with Gasteiger partial charge in [0.1, 0.15) is 32.7 Å². The number of nitrogens with one attached hydrogen (secondary N) is 2. The Hall–Kier alpha value is -0.780. The topological polar surface area (TPSA) is 27.3 Å². The average molecular weight is 331 g/mol. The molecule has 4 nitrogen and oxygen atoms in total. The van der Waals surface area contributed by atoms with Crippen LogP contribution in [-0.4, -0.2) is 47.4 Å². The summed E-state index contributed by atoms with van der Waals surface area (Å²) in [7, 11) is 5.61. The smallest absolute Gasteiger partial charge is 0.161 e. The quantitative estimate of drug-likeness (QED) is 0.770. The van der Waals surface area contributed by atoms with Crippen LogP contribution in [0.1, 0.15) is 5.56 Å². The summed E-state index contributed by atoms with van der Waals surface area (Å²) < 4.78 is 11.8. The molecule has 2 N–H and O–H groups in total. The molecule has 5 heteroatoms. The Morgan fingerprint density at radius 1 is 1.05 bits per heavy atom. The lowest BCUT2D eigenvalue weighted by Crippen LogP contribution is -3.26. The normalized spacial score (nSPS) is 23.2. The number of benzene rings is 1. The van der Waals surface area contributed by atoms with Crippen LogP contribution in [0.4, 0.5) is 0 Å². The fraction of sp³-hybridized carbons (Fsp3) is 0.571. The Kier molecular flexibility index (Phi) is 5.07.